The molecule has 0 saturated heterocycles. The predicted molar refractivity (Wildman–Crippen MR) is 85.0 cm³/mol. The van der Waals surface area contributed by atoms with Crippen LogP contribution in [0.3, 0.4) is 0 Å². The van der Waals surface area contributed by atoms with Gasteiger partial charge in [-0.05, 0) is 37.5 Å². The number of hydrogen-bond donors (Lipinski definition) is 1. The van der Waals surface area contributed by atoms with Gasteiger partial charge in [0.25, 0.3) is 0 Å². The zero-order valence-corrected chi connectivity index (χ0v) is 12.6. The standard InChI is InChI=1S/C19H20O3/c1-13(22-14-7-3-2-4-8-14)11-12-17-18(20)15-9-5-6-10-16(15)19(17)21/h2-10,13,17-18,20H,11-12H2,1H3. The molecule has 0 bridgehead atoms. The first-order valence-electron chi connectivity index (χ1n) is 7.69. The Bertz CT molecular complexity index is 651. The van der Waals surface area contributed by atoms with Crippen LogP contribution in [-0.2, 0) is 0 Å². The number of ketones is 1. The Morgan fingerprint density at radius 1 is 1.09 bits per heavy atom. The summed E-state index contributed by atoms with van der Waals surface area (Å²) in [6.45, 7) is 1.99. The largest absolute Gasteiger partial charge is 0.491 e. The summed E-state index contributed by atoms with van der Waals surface area (Å²) in [6.07, 6.45) is 0.678. The van der Waals surface area contributed by atoms with Gasteiger partial charge in [-0.15, -0.1) is 0 Å². The van der Waals surface area contributed by atoms with Crippen molar-refractivity contribution in [3.63, 3.8) is 0 Å². The molecule has 3 rings (SSSR count). The third kappa shape index (κ3) is 2.90. The molecule has 22 heavy (non-hydrogen) atoms. The smallest absolute Gasteiger partial charge is 0.169 e. The quantitative estimate of drug-likeness (QED) is 0.913. The number of carbonyl (C=O) groups is 1. The van der Waals surface area contributed by atoms with Gasteiger partial charge in [0.05, 0.1) is 18.1 Å². The molecule has 0 aromatic heterocycles. The summed E-state index contributed by atoms with van der Waals surface area (Å²) in [6, 6.07) is 17.0. The number of hydrogen-bond acceptors (Lipinski definition) is 3. The van der Waals surface area contributed by atoms with Gasteiger partial charge in [-0.2, -0.15) is 0 Å². The van der Waals surface area contributed by atoms with E-state index >= 15 is 0 Å². The second-order valence-electron chi connectivity index (χ2n) is 5.82. The van der Waals surface area contributed by atoms with Crippen molar-refractivity contribution in [3.8, 4) is 5.75 Å². The Hall–Kier alpha value is -2.13. The molecule has 0 heterocycles. The fourth-order valence-corrected chi connectivity index (χ4v) is 3.03. The summed E-state index contributed by atoms with van der Waals surface area (Å²) < 4.78 is 5.83. The van der Waals surface area contributed by atoms with Crippen molar-refractivity contribution in [1.82, 2.24) is 0 Å². The molecule has 0 spiro atoms. The number of fused-ring (bicyclic) bond motifs is 1. The lowest BCUT2D eigenvalue weighted by Gasteiger charge is -2.18. The summed E-state index contributed by atoms with van der Waals surface area (Å²) in [7, 11) is 0. The SMILES string of the molecule is CC(CCC1C(=O)c2ccccc2C1O)Oc1ccccc1. The van der Waals surface area contributed by atoms with Crippen LogP contribution in [0.5, 0.6) is 5.75 Å². The Morgan fingerprint density at radius 3 is 2.50 bits per heavy atom. The van der Waals surface area contributed by atoms with E-state index < -0.39 is 6.10 Å². The Morgan fingerprint density at radius 2 is 1.77 bits per heavy atom. The Labute approximate surface area is 130 Å². The molecule has 1 aliphatic rings. The summed E-state index contributed by atoms with van der Waals surface area (Å²) in [4.78, 5) is 12.4. The van der Waals surface area contributed by atoms with Gasteiger partial charge in [-0.25, -0.2) is 0 Å². The molecular weight excluding hydrogens is 276 g/mol. The van der Waals surface area contributed by atoms with E-state index in [0.717, 1.165) is 17.7 Å². The highest BCUT2D eigenvalue weighted by atomic mass is 16.5. The van der Waals surface area contributed by atoms with E-state index in [-0.39, 0.29) is 17.8 Å². The zero-order valence-electron chi connectivity index (χ0n) is 12.6. The lowest BCUT2D eigenvalue weighted by atomic mass is 9.95. The second kappa shape index (κ2) is 6.32. The van der Waals surface area contributed by atoms with Crippen LogP contribution >= 0.6 is 0 Å². The molecule has 114 valence electrons. The van der Waals surface area contributed by atoms with Crippen LogP contribution in [0.1, 0.15) is 41.8 Å². The van der Waals surface area contributed by atoms with E-state index in [1.165, 1.54) is 0 Å². The highest BCUT2D eigenvalue weighted by Crippen LogP contribution is 2.38. The molecule has 1 N–H and O–H groups in total. The zero-order chi connectivity index (χ0) is 15.5. The van der Waals surface area contributed by atoms with Gasteiger partial charge in [0, 0.05) is 5.56 Å². The van der Waals surface area contributed by atoms with E-state index in [0.29, 0.717) is 12.0 Å². The number of ether oxygens (including phenoxy) is 1. The maximum Gasteiger partial charge on any atom is 0.169 e. The average molecular weight is 296 g/mol. The minimum Gasteiger partial charge on any atom is -0.491 e. The van der Waals surface area contributed by atoms with Gasteiger partial charge in [0.1, 0.15) is 5.75 Å². The van der Waals surface area contributed by atoms with Gasteiger partial charge >= 0.3 is 0 Å². The van der Waals surface area contributed by atoms with Crippen molar-refractivity contribution in [2.75, 3.05) is 0 Å². The maximum atomic E-state index is 12.4. The Kier molecular flexibility index (Phi) is 4.25. The third-order valence-corrected chi connectivity index (χ3v) is 4.23. The van der Waals surface area contributed by atoms with Crippen LogP contribution in [0.25, 0.3) is 0 Å². The first-order valence-corrected chi connectivity index (χ1v) is 7.69. The lowest BCUT2D eigenvalue weighted by molar-refractivity contribution is 0.0705. The number of para-hydroxylation sites is 1. The summed E-state index contributed by atoms with van der Waals surface area (Å²) in [5.41, 5.74) is 1.42. The summed E-state index contributed by atoms with van der Waals surface area (Å²) in [5, 5.41) is 10.4. The number of carbonyl (C=O) groups excluding carboxylic acids is 1. The van der Waals surface area contributed by atoms with Crippen LogP contribution in [0.15, 0.2) is 54.6 Å². The topological polar surface area (TPSA) is 46.5 Å². The number of rotatable bonds is 5. The molecule has 2 aromatic rings. The molecule has 2 aromatic carbocycles. The van der Waals surface area contributed by atoms with E-state index in [4.69, 9.17) is 4.74 Å². The van der Waals surface area contributed by atoms with Gasteiger partial charge in [-0.1, -0.05) is 42.5 Å². The third-order valence-electron chi connectivity index (χ3n) is 4.23. The van der Waals surface area contributed by atoms with Crippen molar-refractivity contribution >= 4 is 5.78 Å². The number of Topliss-reactive ketones (excluding diaryl/α,β-unsaturated/α-hetero) is 1. The van der Waals surface area contributed by atoms with Crippen LogP contribution in [0.4, 0.5) is 0 Å². The summed E-state index contributed by atoms with van der Waals surface area (Å²) >= 11 is 0. The van der Waals surface area contributed by atoms with Crippen LogP contribution in [0.2, 0.25) is 0 Å². The number of aliphatic hydroxyl groups is 1. The molecule has 0 fully saturated rings. The van der Waals surface area contributed by atoms with Crippen LogP contribution < -0.4 is 4.74 Å². The molecule has 0 amide bonds. The average Bonchev–Trinajstić information content (AvgIpc) is 2.78. The van der Waals surface area contributed by atoms with E-state index in [1.807, 2.05) is 55.5 Å². The predicted octanol–water partition coefficient (Wildman–Crippen LogP) is 3.78. The molecule has 0 saturated carbocycles. The van der Waals surface area contributed by atoms with Crippen molar-refractivity contribution in [3.05, 3.63) is 65.7 Å². The first-order chi connectivity index (χ1) is 10.7. The fraction of sp³-hybridized carbons (Fsp3) is 0.316. The number of benzene rings is 2. The molecule has 3 unspecified atom stereocenters. The lowest BCUT2D eigenvalue weighted by Crippen LogP contribution is -2.18. The van der Waals surface area contributed by atoms with Gasteiger partial charge in [0.2, 0.25) is 0 Å². The van der Waals surface area contributed by atoms with E-state index in [9.17, 15) is 9.90 Å². The fourth-order valence-electron chi connectivity index (χ4n) is 3.03. The van der Waals surface area contributed by atoms with Crippen molar-refractivity contribution in [1.29, 1.82) is 0 Å². The number of aliphatic hydroxyl groups excluding tert-OH is 1. The van der Waals surface area contributed by atoms with Gasteiger partial charge < -0.3 is 9.84 Å². The summed E-state index contributed by atoms with van der Waals surface area (Å²) in [5.74, 6) is 0.533. The van der Waals surface area contributed by atoms with E-state index in [1.54, 1.807) is 6.07 Å². The van der Waals surface area contributed by atoms with Crippen LogP contribution in [-0.4, -0.2) is 17.0 Å². The highest BCUT2D eigenvalue weighted by Gasteiger charge is 2.38. The van der Waals surface area contributed by atoms with Crippen LogP contribution in [0, 0.1) is 5.92 Å². The van der Waals surface area contributed by atoms with Crippen molar-refractivity contribution in [2.45, 2.75) is 32.0 Å². The molecule has 3 nitrogen and oxygen atoms in total. The van der Waals surface area contributed by atoms with E-state index in [2.05, 4.69) is 0 Å². The molecule has 3 atom stereocenters. The molecular formula is C19H20O3. The van der Waals surface area contributed by atoms with Crippen molar-refractivity contribution < 1.29 is 14.6 Å². The minimum atomic E-state index is -0.687. The molecule has 0 aliphatic heterocycles. The van der Waals surface area contributed by atoms with Crippen molar-refractivity contribution in [2.24, 2.45) is 5.92 Å². The molecule has 1 aliphatic carbocycles. The highest BCUT2D eigenvalue weighted by molar-refractivity contribution is 6.02. The Balaban J connectivity index is 1.59. The molecule has 0 radical (unpaired) electrons. The minimum absolute atomic E-state index is 0.00566. The normalized spacial score (nSPS) is 21.5. The van der Waals surface area contributed by atoms with Gasteiger partial charge in [-0.3, -0.25) is 4.79 Å². The second-order valence-corrected chi connectivity index (χ2v) is 5.82. The maximum absolute atomic E-state index is 12.4. The monoisotopic (exact) mass is 296 g/mol. The molecule has 3 heteroatoms. The van der Waals surface area contributed by atoms with Gasteiger partial charge in [0.15, 0.2) is 5.78 Å². The first kappa shape index (κ1) is 14.8.